The van der Waals surface area contributed by atoms with Gasteiger partial charge >= 0.3 is 0 Å². The first kappa shape index (κ1) is 19.7. The Labute approximate surface area is 173 Å². The molecule has 4 heteroatoms. The number of hydrogen-bond donors (Lipinski definition) is 0. The largest absolute Gasteiger partial charge is 0.328 e. The van der Waals surface area contributed by atoms with Gasteiger partial charge in [-0.15, -0.1) is 0 Å². The zero-order valence-corrected chi connectivity index (χ0v) is 17.2. The molecule has 29 heavy (non-hydrogen) atoms. The van der Waals surface area contributed by atoms with E-state index in [1.165, 1.54) is 12.0 Å². The second-order valence-corrected chi connectivity index (χ2v) is 8.39. The molecule has 1 atom stereocenters. The van der Waals surface area contributed by atoms with Crippen molar-refractivity contribution in [3.63, 3.8) is 0 Å². The van der Waals surface area contributed by atoms with E-state index in [1.807, 2.05) is 54.3 Å². The van der Waals surface area contributed by atoms with Crippen LogP contribution in [0.1, 0.15) is 54.8 Å². The average Bonchev–Trinajstić information content (AvgIpc) is 2.76. The molecular weight excluding hydrogens is 360 g/mol. The third kappa shape index (κ3) is 4.36. The maximum atomic E-state index is 13.6. The van der Waals surface area contributed by atoms with Crippen molar-refractivity contribution in [2.24, 2.45) is 0 Å². The van der Waals surface area contributed by atoms with Gasteiger partial charge in [-0.05, 0) is 37.3 Å². The Hall–Kier alpha value is -2.62. The molecule has 1 heterocycles. The number of carbonyl (C=O) groups is 2. The molecule has 0 bridgehead atoms. The van der Waals surface area contributed by atoms with E-state index in [0.29, 0.717) is 6.54 Å². The fraction of sp³-hybridized carbons (Fsp3) is 0.440. The second-order valence-electron chi connectivity index (χ2n) is 8.39. The molecule has 2 aliphatic rings. The highest BCUT2D eigenvalue weighted by atomic mass is 16.2. The van der Waals surface area contributed by atoms with Crippen molar-refractivity contribution in [3.8, 4) is 0 Å². The van der Waals surface area contributed by atoms with E-state index in [9.17, 15) is 9.59 Å². The van der Waals surface area contributed by atoms with Crippen molar-refractivity contribution in [2.75, 3.05) is 13.1 Å². The molecule has 2 amide bonds. The van der Waals surface area contributed by atoms with Gasteiger partial charge in [0, 0.05) is 12.6 Å². The van der Waals surface area contributed by atoms with Crippen LogP contribution in [0.25, 0.3) is 0 Å². The van der Waals surface area contributed by atoms with Crippen molar-refractivity contribution >= 4 is 11.8 Å². The molecule has 0 radical (unpaired) electrons. The summed E-state index contributed by atoms with van der Waals surface area (Å²) >= 11 is 0. The highest BCUT2D eigenvalue weighted by Crippen LogP contribution is 2.32. The fourth-order valence-electron chi connectivity index (χ4n) is 4.67. The van der Waals surface area contributed by atoms with Gasteiger partial charge in [0.1, 0.15) is 12.6 Å². The molecule has 2 aromatic rings. The maximum absolute atomic E-state index is 13.6. The van der Waals surface area contributed by atoms with Crippen molar-refractivity contribution in [3.05, 3.63) is 71.3 Å². The summed E-state index contributed by atoms with van der Waals surface area (Å²) in [5.74, 6) is 0.157. The monoisotopic (exact) mass is 390 g/mol. The highest BCUT2D eigenvalue weighted by molar-refractivity contribution is 5.95. The van der Waals surface area contributed by atoms with E-state index in [4.69, 9.17) is 0 Å². The van der Waals surface area contributed by atoms with E-state index in [-0.39, 0.29) is 24.4 Å². The Morgan fingerprint density at radius 3 is 2.28 bits per heavy atom. The van der Waals surface area contributed by atoms with Gasteiger partial charge in [-0.25, -0.2) is 0 Å². The van der Waals surface area contributed by atoms with E-state index >= 15 is 0 Å². The average molecular weight is 391 g/mol. The fourth-order valence-corrected chi connectivity index (χ4v) is 4.67. The van der Waals surface area contributed by atoms with Crippen LogP contribution in [0.4, 0.5) is 0 Å². The number of carbonyl (C=O) groups excluding carboxylic acids is 2. The lowest BCUT2D eigenvalue weighted by molar-refractivity contribution is -0.159. The lowest BCUT2D eigenvalue weighted by atomic mass is 9.91. The Morgan fingerprint density at radius 2 is 1.59 bits per heavy atom. The van der Waals surface area contributed by atoms with E-state index in [1.54, 1.807) is 4.90 Å². The Bertz CT molecular complexity index is 841. The molecule has 152 valence electrons. The van der Waals surface area contributed by atoms with Crippen LogP contribution in [0, 0.1) is 6.92 Å². The minimum absolute atomic E-state index is 0.0664. The first-order valence-corrected chi connectivity index (χ1v) is 10.8. The topological polar surface area (TPSA) is 40.6 Å². The van der Waals surface area contributed by atoms with E-state index in [2.05, 4.69) is 12.1 Å². The van der Waals surface area contributed by atoms with Crippen LogP contribution >= 0.6 is 0 Å². The van der Waals surface area contributed by atoms with Gasteiger partial charge in [-0.2, -0.15) is 0 Å². The van der Waals surface area contributed by atoms with Crippen LogP contribution in [0.2, 0.25) is 0 Å². The molecule has 2 fully saturated rings. The molecule has 1 saturated heterocycles. The number of piperazine rings is 1. The first-order valence-electron chi connectivity index (χ1n) is 10.8. The van der Waals surface area contributed by atoms with Crippen molar-refractivity contribution in [2.45, 2.75) is 57.5 Å². The second kappa shape index (κ2) is 8.81. The lowest BCUT2D eigenvalue weighted by Gasteiger charge is -2.44. The third-order valence-electron chi connectivity index (χ3n) is 6.35. The molecule has 1 saturated carbocycles. The number of rotatable bonds is 5. The SMILES string of the molecule is Cc1ccc([C@H]2C(=O)N(C3CCCCC3)CC(=O)N2CCc2ccccc2)cc1. The van der Waals surface area contributed by atoms with Gasteiger partial charge in [0.25, 0.3) is 5.91 Å². The normalized spacial score (nSPS) is 20.9. The molecule has 1 aliphatic carbocycles. The molecule has 0 N–H and O–H groups in total. The van der Waals surface area contributed by atoms with Crippen LogP contribution in [-0.2, 0) is 16.0 Å². The molecule has 4 rings (SSSR count). The molecule has 4 nitrogen and oxygen atoms in total. The predicted octanol–water partition coefficient (Wildman–Crippen LogP) is 4.28. The van der Waals surface area contributed by atoms with E-state index < -0.39 is 6.04 Å². The van der Waals surface area contributed by atoms with E-state index in [0.717, 1.165) is 43.2 Å². The minimum atomic E-state index is -0.512. The molecule has 0 aromatic heterocycles. The molecule has 0 spiro atoms. The number of nitrogens with zero attached hydrogens (tertiary/aromatic N) is 2. The summed E-state index contributed by atoms with van der Waals surface area (Å²) in [5, 5.41) is 0. The zero-order valence-electron chi connectivity index (χ0n) is 17.2. The minimum Gasteiger partial charge on any atom is -0.328 e. The van der Waals surface area contributed by atoms with Crippen LogP contribution in [0.5, 0.6) is 0 Å². The Kier molecular flexibility index (Phi) is 5.98. The summed E-state index contributed by atoms with van der Waals surface area (Å²) in [6.07, 6.45) is 6.32. The molecule has 2 aromatic carbocycles. The smallest absolute Gasteiger partial charge is 0.250 e. The summed E-state index contributed by atoms with van der Waals surface area (Å²) in [5.41, 5.74) is 3.26. The predicted molar refractivity (Wildman–Crippen MR) is 114 cm³/mol. The van der Waals surface area contributed by atoms with Gasteiger partial charge in [0.15, 0.2) is 0 Å². The molecule has 0 unspecified atom stereocenters. The summed E-state index contributed by atoms with van der Waals surface area (Å²) in [4.78, 5) is 30.5. The molecular formula is C25H30N2O2. The summed E-state index contributed by atoms with van der Waals surface area (Å²) in [6, 6.07) is 17.9. The number of benzene rings is 2. The summed E-state index contributed by atoms with van der Waals surface area (Å²) in [6.45, 7) is 2.82. The summed E-state index contributed by atoms with van der Waals surface area (Å²) in [7, 11) is 0. The first-order chi connectivity index (χ1) is 14.1. The van der Waals surface area contributed by atoms with Crippen LogP contribution in [0.3, 0.4) is 0 Å². The van der Waals surface area contributed by atoms with Crippen LogP contribution < -0.4 is 0 Å². The van der Waals surface area contributed by atoms with Gasteiger partial charge in [0.2, 0.25) is 5.91 Å². The Balaban J connectivity index is 1.60. The molecule has 1 aliphatic heterocycles. The van der Waals surface area contributed by atoms with Crippen molar-refractivity contribution in [1.29, 1.82) is 0 Å². The Morgan fingerprint density at radius 1 is 0.897 bits per heavy atom. The zero-order chi connectivity index (χ0) is 20.2. The van der Waals surface area contributed by atoms with Crippen molar-refractivity contribution in [1.82, 2.24) is 9.80 Å². The third-order valence-corrected chi connectivity index (χ3v) is 6.35. The summed E-state index contributed by atoms with van der Waals surface area (Å²) < 4.78 is 0. The van der Waals surface area contributed by atoms with Crippen molar-refractivity contribution < 1.29 is 9.59 Å². The van der Waals surface area contributed by atoms with Crippen LogP contribution in [0.15, 0.2) is 54.6 Å². The number of amides is 2. The quantitative estimate of drug-likeness (QED) is 0.764. The van der Waals surface area contributed by atoms with Gasteiger partial charge < -0.3 is 9.80 Å². The lowest BCUT2D eigenvalue weighted by Crippen LogP contribution is -2.58. The van der Waals surface area contributed by atoms with Gasteiger partial charge in [0.05, 0.1) is 0 Å². The maximum Gasteiger partial charge on any atom is 0.250 e. The number of aryl methyl sites for hydroxylation is 1. The van der Waals surface area contributed by atoms with Crippen LogP contribution in [-0.4, -0.2) is 40.7 Å². The van der Waals surface area contributed by atoms with Gasteiger partial charge in [-0.3, -0.25) is 9.59 Å². The highest BCUT2D eigenvalue weighted by Gasteiger charge is 2.42. The number of hydrogen-bond acceptors (Lipinski definition) is 2. The van der Waals surface area contributed by atoms with Gasteiger partial charge in [-0.1, -0.05) is 79.4 Å². The standard InChI is InChI=1S/C25H30N2O2/c1-19-12-14-21(15-13-19)24-25(29)27(22-10-6-3-7-11-22)18-23(28)26(24)17-16-20-8-4-2-5-9-20/h2,4-5,8-9,12-15,22,24H,3,6-7,10-11,16-18H2,1H3/t24-/m0/s1.